The zero-order valence-corrected chi connectivity index (χ0v) is 10.9. The first-order valence-electron chi connectivity index (χ1n) is 5.74. The van der Waals surface area contributed by atoms with E-state index >= 15 is 0 Å². The van der Waals surface area contributed by atoms with Gasteiger partial charge >= 0.3 is 0 Å². The van der Waals surface area contributed by atoms with Crippen molar-refractivity contribution in [3.63, 3.8) is 0 Å². The molecule has 0 radical (unpaired) electrons. The molecule has 1 aromatic rings. The molecule has 0 aliphatic heterocycles. The fourth-order valence-electron chi connectivity index (χ4n) is 1.72. The van der Waals surface area contributed by atoms with Gasteiger partial charge in [0.2, 0.25) is 0 Å². The Morgan fingerprint density at radius 1 is 1.31 bits per heavy atom. The van der Waals surface area contributed by atoms with Crippen LogP contribution in [0.3, 0.4) is 0 Å². The Bertz CT molecular complexity index is 354. The summed E-state index contributed by atoms with van der Waals surface area (Å²) in [5.41, 5.74) is 2.29. The molecule has 0 heterocycles. The number of ether oxygens (including phenoxy) is 1. The van der Waals surface area contributed by atoms with Crippen LogP contribution >= 0.6 is 0 Å². The smallest absolute Gasteiger partial charge is 0.110 e. The highest BCUT2D eigenvalue weighted by Gasteiger charge is 2.25. The van der Waals surface area contributed by atoms with E-state index in [1.165, 1.54) is 0 Å². The fraction of sp³-hybridized carbons (Fsp3) is 0.571. The Kier molecular flexibility index (Phi) is 4.11. The molecule has 2 heteroatoms. The monoisotopic (exact) mass is 222 g/mol. The maximum absolute atomic E-state index is 10.4. The highest BCUT2D eigenvalue weighted by atomic mass is 16.5. The number of rotatable bonds is 4. The predicted octanol–water partition coefficient (Wildman–Crippen LogP) is 2.94. The normalized spacial score (nSPS) is 15.2. The van der Waals surface area contributed by atoms with Gasteiger partial charge in [-0.15, -0.1) is 0 Å². The molecule has 0 aromatic heterocycles. The van der Waals surface area contributed by atoms with Crippen LogP contribution in [0.25, 0.3) is 0 Å². The third-order valence-corrected chi connectivity index (χ3v) is 2.67. The van der Waals surface area contributed by atoms with Gasteiger partial charge in [0, 0.05) is 0 Å². The second kappa shape index (κ2) is 4.98. The summed E-state index contributed by atoms with van der Waals surface area (Å²) < 4.78 is 5.51. The molecule has 0 spiro atoms. The summed E-state index contributed by atoms with van der Waals surface area (Å²) in [7, 11) is 0. The Hall–Kier alpha value is -0.860. The average Bonchev–Trinajstić information content (AvgIpc) is 2.19. The molecule has 0 aliphatic rings. The summed E-state index contributed by atoms with van der Waals surface area (Å²) in [6.45, 7) is 10.1. The summed E-state index contributed by atoms with van der Waals surface area (Å²) in [4.78, 5) is 0. The van der Waals surface area contributed by atoms with Crippen molar-refractivity contribution in [2.75, 3.05) is 6.61 Å². The van der Waals surface area contributed by atoms with E-state index in [1.807, 2.05) is 39.8 Å². The Balaban J connectivity index is 2.92. The molecule has 1 atom stereocenters. The van der Waals surface area contributed by atoms with Gasteiger partial charge in [-0.25, -0.2) is 0 Å². The zero-order valence-electron chi connectivity index (χ0n) is 10.9. The van der Waals surface area contributed by atoms with E-state index in [0.29, 0.717) is 6.61 Å². The Morgan fingerprint density at radius 2 is 1.94 bits per heavy atom. The van der Waals surface area contributed by atoms with Crippen LogP contribution in [0.4, 0.5) is 0 Å². The quantitative estimate of drug-likeness (QED) is 0.848. The first-order chi connectivity index (χ1) is 7.33. The number of aryl methyl sites for hydroxylation is 2. The second-order valence-electron chi connectivity index (χ2n) is 4.95. The first-order valence-corrected chi connectivity index (χ1v) is 5.74. The summed E-state index contributed by atoms with van der Waals surface area (Å²) in [6, 6.07) is 6.12. The molecule has 0 fully saturated rings. The minimum Gasteiger partial charge on any atom is -0.383 e. The Labute approximate surface area is 98.3 Å². The van der Waals surface area contributed by atoms with Crippen LogP contribution in [0.15, 0.2) is 18.2 Å². The van der Waals surface area contributed by atoms with E-state index < -0.39 is 5.60 Å². The van der Waals surface area contributed by atoms with Gasteiger partial charge in [-0.05, 0) is 45.7 Å². The topological polar surface area (TPSA) is 29.5 Å². The standard InChI is InChI=1S/C14H22O2/c1-10(2)16-9-14(5,15)13-8-11(3)6-7-12(13)4/h6-8,10,15H,9H2,1-5H3. The molecular formula is C14H22O2. The summed E-state index contributed by atoms with van der Waals surface area (Å²) in [5, 5.41) is 10.4. The zero-order chi connectivity index (χ0) is 12.3. The minimum absolute atomic E-state index is 0.136. The molecular weight excluding hydrogens is 200 g/mol. The molecule has 90 valence electrons. The van der Waals surface area contributed by atoms with Gasteiger partial charge in [0.15, 0.2) is 0 Å². The molecule has 0 saturated carbocycles. The van der Waals surface area contributed by atoms with Crippen LogP contribution in [0.1, 0.15) is 37.5 Å². The molecule has 1 unspecified atom stereocenters. The lowest BCUT2D eigenvalue weighted by molar-refractivity contribution is -0.0578. The van der Waals surface area contributed by atoms with Crippen molar-refractivity contribution in [1.82, 2.24) is 0 Å². The lowest BCUT2D eigenvalue weighted by Gasteiger charge is -2.27. The van der Waals surface area contributed by atoms with Crippen LogP contribution in [-0.4, -0.2) is 17.8 Å². The third kappa shape index (κ3) is 3.32. The lowest BCUT2D eigenvalue weighted by atomic mass is 9.91. The molecule has 1 aromatic carbocycles. The molecule has 0 aliphatic carbocycles. The van der Waals surface area contributed by atoms with Gasteiger partial charge < -0.3 is 9.84 Å². The van der Waals surface area contributed by atoms with E-state index in [2.05, 4.69) is 6.07 Å². The van der Waals surface area contributed by atoms with Gasteiger partial charge in [0.1, 0.15) is 5.60 Å². The molecule has 0 amide bonds. The number of hydrogen-bond acceptors (Lipinski definition) is 2. The van der Waals surface area contributed by atoms with Crippen molar-refractivity contribution in [1.29, 1.82) is 0 Å². The number of benzene rings is 1. The molecule has 1 N–H and O–H groups in total. The molecule has 16 heavy (non-hydrogen) atoms. The van der Waals surface area contributed by atoms with Crippen molar-refractivity contribution in [2.45, 2.75) is 46.3 Å². The average molecular weight is 222 g/mol. The van der Waals surface area contributed by atoms with Gasteiger partial charge in [0.25, 0.3) is 0 Å². The number of aliphatic hydroxyl groups is 1. The van der Waals surface area contributed by atoms with Crippen LogP contribution in [0.5, 0.6) is 0 Å². The second-order valence-corrected chi connectivity index (χ2v) is 4.95. The van der Waals surface area contributed by atoms with Crippen molar-refractivity contribution in [2.24, 2.45) is 0 Å². The Morgan fingerprint density at radius 3 is 2.50 bits per heavy atom. The highest BCUT2D eigenvalue weighted by Crippen LogP contribution is 2.25. The minimum atomic E-state index is -0.916. The highest BCUT2D eigenvalue weighted by molar-refractivity contribution is 5.34. The molecule has 0 saturated heterocycles. The van der Waals surface area contributed by atoms with Gasteiger partial charge in [-0.1, -0.05) is 23.8 Å². The van der Waals surface area contributed by atoms with Crippen LogP contribution in [0.2, 0.25) is 0 Å². The molecule has 0 bridgehead atoms. The molecule has 1 rings (SSSR count). The van der Waals surface area contributed by atoms with Gasteiger partial charge in [-0.2, -0.15) is 0 Å². The van der Waals surface area contributed by atoms with Crippen molar-refractivity contribution >= 4 is 0 Å². The third-order valence-electron chi connectivity index (χ3n) is 2.67. The summed E-state index contributed by atoms with van der Waals surface area (Å²) in [5.74, 6) is 0. The van der Waals surface area contributed by atoms with Gasteiger partial charge in [0.05, 0.1) is 12.7 Å². The maximum atomic E-state index is 10.4. The molecule has 2 nitrogen and oxygen atoms in total. The van der Waals surface area contributed by atoms with Crippen LogP contribution in [-0.2, 0) is 10.3 Å². The van der Waals surface area contributed by atoms with E-state index in [4.69, 9.17) is 4.74 Å². The predicted molar refractivity (Wildman–Crippen MR) is 66.6 cm³/mol. The van der Waals surface area contributed by atoms with E-state index in [0.717, 1.165) is 16.7 Å². The van der Waals surface area contributed by atoms with E-state index in [9.17, 15) is 5.11 Å². The van der Waals surface area contributed by atoms with E-state index in [1.54, 1.807) is 6.92 Å². The van der Waals surface area contributed by atoms with Crippen molar-refractivity contribution < 1.29 is 9.84 Å². The van der Waals surface area contributed by atoms with Crippen molar-refractivity contribution in [3.8, 4) is 0 Å². The maximum Gasteiger partial charge on any atom is 0.110 e. The SMILES string of the molecule is Cc1ccc(C)c(C(C)(O)COC(C)C)c1. The largest absolute Gasteiger partial charge is 0.383 e. The summed E-state index contributed by atoms with van der Waals surface area (Å²) >= 11 is 0. The first kappa shape index (κ1) is 13.2. The van der Waals surface area contributed by atoms with Crippen LogP contribution < -0.4 is 0 Å². The lowest BCUT2D eigenvalue weighted by Crippen LogP contribution is -2.30. The van der Waals surface area contributed by atoms with Crippen LogP contribution in [0, 0.1) is 13.8 Å². The van der Waals surface area contributed by atoms with Crippen molar-refractivity contribution in [3.05, 3.63) is 34.9 Å². The number of hydrogen-bond donors (Lipinski definition) is 1. The summed E-state index contributed by atoms with van der Waals surface area (Å²) in [6.07, 6.45) is 0.136. The van der Waals surface area contributed by atoms with E-state index in [-0.39, 0.29) is 6.10 Å². The fourth-order valence-corrected chi connectivity index (χ4v) is 1.72. The van der Waals surface area contributed by atoms with Gasteiger partial charge in [-0.3, -0.25) is 0 Å².